The Morgan fingerprint density at radius 3 is 2.42 bits per heavy atom. The highest BCUT2D eigenvalue weighted by atomic mass is 79.9. The van der Waals surface area contributed by atoms with E-state index in [1.807, 2.05) is 0 Å². The van der Waals surface area contributed by atoms with Crippen LogP contribution in [-0.4, -0.2) is 9.38 Å². The largest absolute Gasteiger partial charge is 0.306 e. The molecule has 0 spiro atoms. The van der Waals surface area contributed by atoms with Crippen molar-refractivity contribution >= 4 is 22.6 Å². The van der Waals surface area contributed by atoms with E-state index in [0.717, 1.165) is 11.3 Å². The lowest BCUT2D eigenvalue weighted by Gasteiger charge is -2.02. The third-order valence-electron chi connectivity index (χ3n) is 3.27. The van der Waals surface area contributed by atoms with Crippen molar-refractivity contribution in [3.63, 3.8) is 0 Å². The number of hydrogen-bond donors (Lipinski definition) is 0. The van der Waals surface area contributed by atoms with E-state index >= 15 is 0 Å². The Kier molecular flexibility index (Phi) is 3.76. The summed E-state index contributed by atoms with van der Waals surface area (Å²) in [5, 5.41) is 0. The van der Waals surface area contributed by atoms with Crippen molar-refractivity contribution in [2.24, 2.45) is 0 Å². The topological polar surface area (TPSA) is 17.3 Å². The summed E-state index contributed by atoms with van der Waals surface area (Å²) >= 11 is 0. The second-order valence-corrected chi connectivity index (χ2v) is 4.91. The number of fused-ring (bicyclic) bond motifs is 1. The Balaban J connectivity index is 0.00000133. The first kappa shape index (κ1) is 13.8. The smallest absolute Gasteiger partial charge is 0.137 e. The highest BCUT2D eigenvalue weighted by Gasteiger charge is 2.07. The van der Waals surface area contributed by atoms with Gasteiger partial charge in [0.05, 0.1) is 5.69 Å². The molecule has 3 rings (SSSR count). The summed E-state index contributed by atoms with van der Waals surface area (Å²) in [6, 6.07) is 10.7. The third-order valence-corrected chi connectivity index (χ3v) is 3.27. The fourth-order valence-electron chi connectivity index (χ4n) is 2.31. The lowest BCUT2D eigenvalue weighted by molar-refractivity contribution is 1.17. The minimum atomic E-state index is 0. The summed E-state index contributed by atoms with van der Waals surface area (Å²) in [4.78, 5) is 4.70. The summed E-state index contributed by atoms with van der Waals surface area (Å²) in [5.74, 6) is 0. The lowest BCUT2D eigenvalue weighted by atomic mass is 10.0. The fourth-order valence-corrected chi connectivity index (χ4v) is 2.31. The summed E-state index contributed by atoms with van der Waals surface area (Å²) in [6.07, 6.45) is 4.15. The van der Waals surface area contributed by atoms with Crippen LogP contribution in [0.15, 0.2) is 42.7 Å². The number of aryl methyl sites for hydroxylation is 3. The molecule has 2 aromatic heterocycles. The van der Waals surface area contributed by atoms with Crippen LogP contribution in [0, 0.1) is 20.8 Å². The molecule has 0 unspecified atom stereocenters. The Morgan fingerprint density at radius 2 is 1.68 bits per heavy atom. The average molecular weight is 317 g/mol. The van der Waals surface area contributed by atoms with E-state index < -0.39 is 0 Å². The second kappa shape index (κ2) is 5.17. The quantitative estimate of drug-likeness (QED) is 0.646. The molecule has 1 aromatic carbocycles. The molecule has 2 nitrogen and oxygen atoms in total. The molecule has 0 N–H and O–H groups in total. The zero-order valence-electron chi connectivity index (χ0n) is 11.3. The molecule has 3 aromatic rings. The number of imidazole rings is 1. The fraction of sp³-hybridized carbons (Fsp3) is 0.188. The molecule has 0 radical (unpaired) electrons. The average Bonchev–Trinajstić information content (AvgIpc) is 2.71. The Morgan fingerprint density at radius 1 is 0.947 bits per heavy atom. The van der Waals surface area contributed by atoms with E-state index in [-0.39, 0.29) is 17.0 Å². The molecule has 0 aliphatic carbocycles. The molecule has 0 fully saturated rings. The van der Waals surface area contributed by atoms with Gasteiger partial charge >= 0.3 is 0 Å². The van der Waals surface area contributed by atoms with Crippen LogP contribution in [-0.2, 0) is 0 Å². The minimum absolute atomic E-state index is 0. The molecule has 2 heterocycles. The molecule has 0 atom stereocenters. The Hall–Kier alpha value is -1.61. The molecule has 3 heteroatoms. The first-order valence-corrected chi connectivity index (χ1v) is 6.16. The van der Waals surface area contributed by atoms with Crippen LogP contribution in [0.4, 0.5) is 0 Å². The number of nitrogens with zero attached hydrogens (tertiary/aromatic N) is 2. The van der Waals surface area contributed by atoms with Gasteiger partial charge < -0.3 is 4.40 Å². The van der Waals surface area contributed by atoms with Gasteiger partial charge in [0.1, 0.15) is 5.65 Å². The number of aromatic nitrogens is 2. The van der Waals surface area contributed by atoms with E-state index in [4.69, 9.17) is 4.98 Å². The molecular formula is C16H17BrN2. The monoisotopic (exact) mass is 316 g/mol. The number of pyridine rings is 1. The SMILES string of the molecule is Br.Cc1ccc(-c2cn3ccc(C)cc3n2)c(C)c1. The van der Waals surface area contributed by atoms with Gasteiger partial charge in [-0.25, -0.2) is 4.98 Å². The van der Waals surface area contributed by atoms with Gasteiger partial charge in [-0.05, 0) is 44.0 Å². The number of halogens is 1. The second-order valence-electron chi connectivity index (χ2n) is 4.91. The maximum Gasteiger partial charge on any atom is 0.137 e. The predicted octanol–water partition coefficient (Wildman–Crippen LogP) is 4.50. The summed E-state index contributed by atoms with van der Waals surface area (Å²) in [6.45, 7) is 6.34. The number of hydrogen-bond acceptors (Lipinski definition) is 1. The van der Waals surface area contributed by atoms with Crippen LogP contribution in [0.1, 0.15) is 16.7 Å². The van der Waals surface area contributed by atoms with Crippen molar-refractivity contribution in [3.8, 4) is 11.3 Å². The van der Waals surface area contributed by atoms with Crippen LogP contribution >= 0.6 is 17.0 Å². The standard InChI is InChI=1S/C16H16N2.BrH/c1-11-4-5-14(13(3)8-11)15-10-18-7-6-12(2)9-16(18)17-15;/h4-10H,1-3H3;1H. The summed E-state index contributed by atoms with van der Waals surface area (Å²) in [7, 11) is 0. The van der Waals surface area contributed by atoms with E-state index in [2.05, 4.69) is 67.9 Å². The van der Waals surface area contributed by atoms with E-state index in [9.17, 15) is 0 Å². The molecule has 98 valence electrons. The molecular weight excluding hydrogens is 300 g/mol. The van der Waals surface area contributed by atoms with E-state index in [1.165, 1.54) is 22.3 Å². The van der Waals surface area contributed by atoms with Gasteiger partial charge in [-0.15, -0.1) is 17.0 Å². The Bertz CT molecular complexity index is 729. The van der Waals surface area contributed by atoms with E-state index in [0.29, 0.717) is 0 Å². The van der Waals surface area contributed by atoms with Gasteiger partial charge in [0.25, 0.3) is 0 Å². The van der Waals surface area contributed by atoms with Gasteiger partial charge in [-0.1, -0.05) is 23.8 Å². The summed E-state index contributed by atoms with van der Waals surface area (Å²) < 4.78 is 2.07. The number of benzene rings is 1. The lowest BCUT2D eigenvalue weighted by Crippen LogP contribution is -1.84. The van der Waals surface area contributed by atoms with Crippen molar-refractivity contribution < 1.29 is 0 Å². The van der Waals surface area contributed by atoms with Gasteiger partial charge in [0.2, 0.25) is 0 Å². The third kappa shape index (κ3) is 2.56. The first-order valence-electron chi connectivity index (χ1n) is 6.16. The molecule has 0 bridgehead atoms. The van der Waals surface area contributed by atoms with Gasteiger partial charge in [-0.3, -0.25) is 0 Å². The molecule has 0 saturated carbocycles. The molecule has 19 heavy (non-hydrogen) atoms. The van der Waals surface area contributed by atoms with Crippen molar-refractivity contribution in [1.82, 2.24) is 9.38 Å². The van der Waals surface area contributed by atoms with Gasteiger partial charge in [0.15, 0.2) is 0 Å². The zero-order valence-corrected chi connectivity index (χ0v) is 13.1. The predicted molar refractivity (Wildman–Crippen MR) is 85.2 cm³/mol. The Labute approximate surface area is 123 Å². The summed E-state index contributed by atoms with van der Waals surface area (Å²) in [5.41, 5.74) is 7.05. The maximum absolute atomic E-state index is 4.70. The highest BCUT2D eigenvalue weighted by molar-refractivity contribution is 8.93. The molecule has 0 saturated heterocycles. The van der Waals surface area contributed by atoms with Crippen molar-refractivity contribution in [3.05, 3.63) is 59.4 Å². The zero-order chi connectivity index (χ0) is 12.7. The highest BCUT2D eigenvalue weighted by Crippen LogP contribution is 2.24. The van der Waals surface area contributed by atoms with Gasteiger partial charge in [0, 0.05) is 18.0 Å². The van der Waals surface area contributed by atoms with Gasteiger partial charge in [-0.2, -0.15) is 0 Å². The maximum atomic E-state index is 4.70. The van der Waals surface area contributed by atoms with Crippen LogP contribution in [0.2, 0.25) is 0 Å². The molecule has 0 amide bonds. The van der Waals surface area contributed by atoms with Crippen LogP contribution in [0.5, 0.6) is 0 Å². The van der Waals surface area contributed by atoms with Crippen molar-refractivity contribution in [1.29, 1.82) is 0 Å². The molecule has 0 aliphatic rings. The van der Waals surface area contributed by atoms with Crippen LogP contribution in [0.3, 0.4) is 0 Å². The first-order chi connectivity index (χ1) is 8.63. The number of rotatable bonds is 1. The van der Waals surface area contributed by atoms with Crippen LogP contribution < -0.4 is 0 Å². The van der Waals surface area contributed by atoms with Crippen molar-refractivity contribution in [2.45, 2.75) is 20.8 Å². The molecule has 0 aliphatic heterocycles. The van der Waals surface area contributed by atoms with Crippen molar-refractivity contribution in [2.75, 3.05) is 0 Å². The van der Waals surface area contributed by atoms with Crippen LogP contribution in [0.25, 0.3) is 16.9 Å². The normalized spacial score (nSPS) is 10.5. The minimum Gasteiger partial charge on any atom is -0.306 e. The van der Waals surface area contributed by atoms with E-state index in [1.54, 1.807) is 0 Å².